The maximum Gasteiger partial charge on any atom is 0.117 e. The van der Waals surface area contributed by atoms with Gasteiger partial charge in [0.25, 0.3) is 0 Å². The van der Waals surface area contributed by atoms with E-state index in [-0.39, 0.29) is 0 Å². The van der Waals surface area contributed by atoms with Crippen LogP contribution in [0.5, 0.6) is 0 Å². The van der Waals surface area contributed by atoms with Gasteiger partial charge in [-0.2, -0.15) is 0 Å². The summed E-state index contributed by atoms with van der Waals surface area (Å²) in [6.45, 7) is 0. The van der Waals surface area contributed by atoms with Gasteiger partial charge in [-0.1, -0.05) is 12.5 Å². The number of aromatic nitrogens is 2. The van der Waals surface area contributed by atoms with E-state index >= 15 is 0 Å². The van der Waals surface area contributed by atoms with E-state index in [9.17, 15) is 0 Å². The molecule has 2 heterocycles. The van der Waals surface area contributed by atoms with E-state index in [1.54, 1.807) is 0 Å². The van der Waals surface area contributed by atoms with Crippen LogP contribution in [0.15, 0.2) is 24.4 Å². The van der Waals surface area contributed by atoms with Crippen LogP contribution in [-0.2, 0) is 0 Å². The Morgan fingerprint density at radius 1 is 1.40 bits per heavy atom. The third kappa shape index (κ3) is 1.23. The molecule has 0 aliphatic heterocycles. The van der Waals surface area contributed by atoms with Crippen molar-refractivity contribution in [3.63, 3.8) is 0 Å². The number of hydrogen-bond donors (Lipinski definition) is 1. The highest BCUT2D eigenvalue weighted by atomic mass is 15.1. The molecule has 15 heavy (non-hydrogen) atoms. The topological polar surface area (TPSA) is 29.3 Å². The Labute approximate surface area is 89.1 Å². The predicted molar refractivity (Wildman–Crippen MR) is 61.3 cm³/mol. The van der Waals surface area contributed by atoms with E-state index in [2.05, 4.69) is 32.9 Å². The van der Waals surface area contributed by atoms with Crippen molar-refractivity contribution in [3.05, 3.63) is 30.2 Å². The molecule has 1 saturated carbocycles. The van der Waals surface area contributed by atoms with Crippen LogP contribution >= 0.6 is 0 Å². The van der Waals surface area contributed by atoms with Crippen LogP contribution < -0.4 is 5.32 Å². The van der Waals surface area contributed by atoms with Crippen molar-refractivity contribution in [1.82, 2.24) is 9.38 Å². The molecule has 0 atom stereocenters. The van der Waals surface area contributed by atoms with Gasteiger partial charge in [0.05, 0.1) is 11.7 Å². The van der Waals surface area contributed by atoms with E-state index in [1.165, 1.54) is 30.6 Å². The third-order valence-electron chi connectivity index (χ3n) is 3.30. The maximum absolute atomic E-state index is 4.55. The standard InChI is InChI=1S/C12H15N3/c1-13-11-7-3-6-10-8-14-12(15(10)11)9-4-2-5-9/h3,6-9,13H,2,4-5H2,1H3. The summed E-state index contributed by atoms with van der Waals surface area (Å²) < 4.78 is 2.24. The second-order valence-corrected chi connectivity index (χ2v) is 4.17. The number of pyridine rings is 1. The van der Waals surface area contributed by atoms with Crippen molar-refractivity contribution in [2.75, 3.05) is 12.4 Å². The molecule has 0 bridgehead atoms. The zero-order chi connectivity index (χ0) is 10.3. The molecule has 3 heteroatoms. The molecule has 1 N–H and O–H groups in total. The highest BCUT2D eigenvalue weighted by Crippen LogP contribution is 2.36. The van der Waals surface area contributed by atoms with Crippen LogP contribution in [0, 0.1) is 0 Å². The SMILES string of the molecule is CNc1cccc2cnc(C3CCC3)n12. The molecule has 3 rings (SSSR count). The molecule has 0 unspecified atom stereocenters. The lowest BCUT2D eigenvalue weighted by Crippen LogP contribution is -2.13. The van der Waals surface area contributed by atoms with Gasteiger partial charge in [0.2, 0.25) is 0 Å². The lowest BCUT2D eigenvalue weighted by atomic mass is 9.85. The summed E-state index contributed by atoms with van der Waals surface area (Å²) in [7, 11) is 1.96. The molecule has 3 nitrogen and oxygen atoms in total. The average Bonchev–Trinajstić information content (AvgIpc) is 2.59. The van der Waals surface area contributed by atoms with Gasteiger partial charge in [0.1, 0.15) is 11.6 Å². The molecule has 0 saturated heterocycles. The fourth-order valence-electron chi connectivity index (χ4n) is 2.22. The molecule has 0 amide bonds. The summed E-state index contributed by atoms with van der Waals surface area (Å²) >= 11 is 0. The van der Waals surface area contributed by atoms with E-state index in [0.717, 1.165) is 5.82 Å². The molecule has 0 radical (unpaired) electrons. The Hall–Kier alpha value is -1.51. The van der Waals surface area contributed by atoms with Gasteiger partial charge in [-0.05, 0) is 25.0 Å². The van der Waals surface area contributed by atoms with E-state index in [4.69, 9.17) is 0 Å². The molecule has 1 fully saturated rings. The van der Waals surface area contributed by atoms with Crippen molar-refractivity contribution < 1.29 is 0 Å². The van der Waals surface area contributed by atoms with Gasteiger partial charge in [0, 0.05) is 13.0 Å². The minimum absolute atomic E-state index is 0.669. The number of anilines is 1. The molecule has 0 spiro atoms. The first-order chi connectivity index (χ1) is 7.40. The van der Waals surface area contributed by atoms with Crippen molar-refractivity contribution in [2.45, 2.75) is 25.2 Å². The number of nitrogens with zero attached hydrogens (tertiary/aromatic N) is 2. The first kappa shape index (κ1) is 8.77. The largest absolute Gasteiger partial charge is 0.374 e. The fourth-order valence-corrected chi connectivity index (χ4v) is 2.22. The third-order valence-corrected chi connectivity index (χ3v) is 3.30. The number of nitrogens with one attached hydrogen (secondary N) is 1. The minimum atomic E-state index is 0.669. The second-order valence-electron chi connectivity index (χ2n) is 4.17. The minimum Gasteiger partial charge on any atom is -0.374 e. The Morgan fingerprint density at radius 3 is 2.93 bits per heavy atom. The molecular weight excluding hydrogens is 186 g/mol. The average molecular weight is 201 g/mol. The van der Waals surface area contributed by atoms with Crippen LogP contribution in [0.25, 0.3) is 5.52 Å². The van der Waals surface area contributed by atoms with Gasteiger partial charge in [-0.3, -0.25) is 4.40 Å². The summed E-state index contributed by atoms with van der Waals surface area (Å²) in [5.41, 5.74) is 1.18. The molecule has 2 aromatic heterocycles. The first-order valence-corrected chi connectivity index (χ1v) is 5.54. The second kappa shape index (κ2) is 3.26. The Kier molecular flexibility index (Phi) is 1.91. The van der Waals surface area contributed by atoms with Crippen molar-refractivity contribution in [1.29, 1.82) is 0 Å². The van der Waals surface area contributed by atoms with Gasteiger partial charge in [0.15, 0.2) is 0 Å². The predicted octanol–water partition coefficient (Wildman–Crippen LogP) is 2.64. The first-order valence-electron chi connectivity index (χ1n) is 5.54. The van der Waals surface area contributed by atoms with Crippen molar-refractivity contribution in [3.8, 4) is 0 Å². The van der Waals surface area contributed by atoms with Crippen LogP contribution in [0.1, 0.15) is 31.0 Å². The molecule has 1 aliphatic carbocycles. The van der Waals surface area contributed by atoms with Gasteiger partial charge >= 0.3 is 0 Å². The smallest absolute Gasteiger partial charge is 0.117 e. The zero-order valence-electron chi connectivity index (χ0n) is 8.90. The summed E-state index contributed by atoms with van der Waals surface area (Å²) in [4.78, 5) is 4.55. The quantitative estimate of drug-likeness (QED) is 0.809. The lowest BCUT2D eigenvalue weighted by molar-refractivity contribution is 0.401. The van der Waals surface area contributed by atoms with Crippen LogP contribution in [0.3, 0.4) is 0 Å². The fraction of sp³-hybridized carbons (Fsp3) is 0.417. The molecule has 1 aliphatic rings. The lowest BCUT2D eigenvalue weighted by Gasteiger charge is -2.24. The number of imidazole rings is 1. The molecule has 2 aromatic rings. The number of hydrogen-bond acceptors (Lipinski definition) is 2. The van der Waals surface area contributed by atoms with Gasteiger partial charge in [-0.15, -0.1) is 0 Å². The van der Waals surface area contributed by atoms with E-state index < -0.39 is 0 Å². The Morgan fingerprint density at radius 2 is 2.27 bits per heavy atom. The summed E-state index contributed by atoms with van der Waals surface area (Å²) in [5, 5.41) is 3.22. The molecule has 78 valence electrons. The zero-order valence-corrected chi connectivity index (χ0v) is 8.90. The van der Waals surface area contributed by atoms with Crippen LogP contribution in [0.4, 0.5) is 5.82 Å². The van der Waals surface area contributed by atoms with Crippen LogP contribution in [-0.4, -0.2) is 16.4 Å². The summed E-state index contributed by atoms with van der Waals surface area (Å²) in [6, 6.07) is 6.26. The summed E-state index contributed by atoms with van der Waals surface area (Å²) in [5.74, 6) is 3.02. The highest BCUT2D eigenvalue weighted by molar-refractivity contribution is 5.55. The van der Waals surface area contributed by atoms with Gasteiger partial charge < -0.3 is 5.32 Å². The van der Waals surface area contributed by atoms with Crippen LogP contribution in [0.2, 0.25) is 0 Å². The number of fused-ring (bicyclic) bond motifs is 1. The number of rotatable bonds is 2. The normalized spacial score (nSPS) is 16.6. The monoisotopic (exact) mass is 201 g/mol. The Bertz CT molecular complexity index is 483. The van der Waals surface area contributed by atoms with Crippen molar-refractivity contribution in [2.24, 2.45) is 0 Å². The maximum atomic E-state index is 4.55. The Balaban J connectivity index is 2.20. The van der Waals surface area contributed by atoms with Gasteiger partial charge in [-0.25, -0.2) is 4.98 Å². The van der Waals surface area contributed by atoms with E-state index in [0.29, 0.717) is 5.92 Å². The summed E-state index contributed by atoms with van der Waals surface area (Å²) in [6.07, 6.45) is 5.89. The molecule has 0 aromatic carbocycles. The molecular formula is C12H15N3. The van der Waals surface area contributed by atoms with E-state index in [1.807, 2.05) is 13.2 Å². The van der Waals surface area contributed by atoms with Crippen molar-refractivity contribution >= 4 is 11.3 Å². The highest BCUT2D eigenvalue weighted by Gasteiger charge is 2.24.